The van der Waals surface area contributed by atoms with E-state index in [0.717, 1.165) is 19.5 Å². The van der Waals surface area contributed by atoms with Gasteiger partial charge in [0.25, 0.3) is 0 Å². The second-order valence-corrected chi connectivity index (χ2v) is 5.39. The number of carbonyl (C=O) groups excluding carboxylic acids is 1. The van der Waals surface area contributed by atoms with Gasteiger partial charge in [0.1, 0.15) is 0 Å². The lowest BCUT2D eigenvalue weighted by Crippen LogP contribution is -2.53. The van der Waals surface area contributed by atoms with E-state index < -0.39 is 0 Å². The van der Waals surface area contributed by atoms with Crippen LogP contribution in [0.3, 0.4) is 0 Å². The van der Waals surface area contributed by atoms with Crippen molar-refractivity contribution < 1.29 is 4.79 Å². The first-order chi connectivity index (χ1) is 9.15. The second kappa shape index (κ2) is 8.33. The van der Waals surface area contributed by atoms with Crippen molar-refractivity contribution in [3.63, 3.8) is 0 Å². The summed E-state index contributed by atoms with van der Waals surface area (Å²) >= 11 is 0. The predicted octanol–water partition coefficient (Wildman–Crippen LogP) is 1.52. The Balaban J connectivity index is 2.68. The smallest absolute Gasteiger partial charge is 0.237 e. The Kier molecular flexibility index (Phi) is 7.10. The van der Waals surface area contributed by atoms with Crippen molar-refractivity contribution in [2.45, 2.75) is 51.6 Å². The number of nitrogens with one attached hydrogen (secondary N) is 1. The van der Waals surface area contributed by atoms with Gasteiger partial charge in [-0.25, -0.2) is 0 Å². The summed E-state index contributed by atoms with van der Waals surface area (Å²) in [6.07, 6.45) is 6.59. The molecular weight excluding hydrogens is 238 g/mol. The molecule has 3 atom stereocenters. The molecule has 0 aromatic carbocycles. The number of hydrogen-bond acceptors (Lipinski definition) is 3. The van der Waals surface area contributed by atoms with Crippen molar-refractivity contribution in [3.8, 4) is 0 Å². The zero-order chi connectivity index (χ0) is 14.3. The molecule has 0 saturated heterocycles. The van der Waals surface area contributed by atoms with Crippen LogP contribution in [-0.4, -0.2) is 42.5 Å². The lowest BCUT2D eigenvalue weighted by molar-refractivity contribution is -0.127. The van der Waals surface area contributed by atoms with Gasteiger partial charge in [-0.2, -0.15) is 0 Å². The fourth-order valence-corrected chi connectivity index (χ4v) is 3.17. The molecule has 0 bridgehead atoms. The van der Waals surface area contributed by atoms with Crippen LogP contribution < -0.4 is 11.1 Å². The van der Waals surface area contributed by atoms with E-state index in [1.807, 2.05) is 6.92 Å². The molecule has 0 heterocycles. The molecule has 3 unspecified atom stereocenters. The topological polar surface area (TPSA) is 58.4 Å². The van der Waals surface area contributed by atoms with E-state index in [2.05, 4.69) is 23.7 Å². The highest BCUT2D eigenvalue weighted by molar-refractivity contribution is 5.81. The fourth-order valence-electron chi connectivity index (χ4n) is 3.17. The first kappa shape index (κ1) is 16.2. The second-order valence-electron chi connectivity index (χ2n) is 5.39. The van der Waals surface area contributed by atoms with E-state index in [0.29, 0.717) is 18.5 Å². The van der Waals surface area contributed by atoms with Crippen LogP contribution in [0.25, 0.3) is 0 Å². The molecule has 110 valence electrons. The van der Waals surface area contributed by atoms with Crippen molar-refractivity contribution in [3.05, 3.63) is 12.7 Å². The van der Waals surface area contributed by atoms with Gasteiger partial charge in [0.05, 0.1) is 6.04 Å². The summed E-state index contributed by atoms with van der Waals surface area (Å²) in [5.74, 6) is 0.617. The highest BCUT2D eigenvalue weighted by Gasteiger charge is 2.33. The molecule has 1 aliphatic rings. The summed E-state index contributed by atoms with van der Waals surface area (Å²) in [6.45, 7) is 9.89. The SMILES string of the molecule is C=CCNC(=O)C(C)N(CC)C1CCCCC1CN. The zero-order valence-electron chi connectivity index (χ0n) is 12.4. The normalized spacial score (nSPS) is 25.1. The van der Waals surface area contributed by atoms with Crippen molar-refractivity contribution in [1.29, 1.82) is 0 Å². The number of carbonyl (C=O) groups is 1. The van der Waals surface area contributed by atoms with Gasteiger partial charge in [-0.3, -0.25) is 9.69 Å². The third-order valence-corrected chi connectivity index (χ3v) is 4.26. The van der Waals surface area contributed by atoms with Crippen LogP contribution in [0.2, 0.25) is 0 Å². The Hall–Kier alpha value is -0.870. The molecule has 1 fully saturated rings. The van der Waals surface area contributed by atoms with E-state index in [1.165, 1.54) is 19.3 Å². The van der Waals surface area contributed by atoms with Crippen molar-refractivity contribution >= 4 is 5.91 Å². The number of amides is 1. The molecule has 0 spiro atoms. The summed E-state index contributed by atoms with van der Waals surface area (Å²) in [5.41, 5.74) is 5.90. The molecule has 4 nitrogen and oxygen atoms in total. The molecule has 0 aromatic rings. The molecule has 0 radical (unpaired) electrons. The average molecular weight is 267 g/mol. The summed E-state index contributed by atoms with van der Waals surface area (Å²) in [7, 11) is 0. The van der Waals surface area contributed by atoms with Gasteiger partial charge in [0.15, 0.2) is 0 Å². The third-order valence-electron chi connectivity index (χ3n) is 4.26. The van der Waals surface area contributed by atoms with E-state index >= 15 is 0 Å². The Morgan fingerprint density at radius 1 is 1.53 bits per heavy atom. The van der Waals surface area contributed by atoms with Gasteiger partial charge < -0.3 is 11.1 Å². The molecular formula is C15H29N3O. The van der Waals surface area contributed by atoms with Crippen molar-refractivity contribution in [1.82, 2.24) is 10.2 Å². The minimum Gasteiger partial charge on any atom is -0.351 e. The highest BCUT2D eigenvalue weighted by Crippen LogP contribution is 2.29. The van der Waals surface area contributed by atoms with E-state index in [9.17, 15) is 4.79 Å². The number of nitrogens with zero attached hydrogens (tertiary/aromatic N) is 1. The number of nitrogens with two attached hydrogens (primary N) is 1. The van der Waals surface area contributed by atoms with Crippen LogP contribution in [-0.2, 0) is 4.79 Å². The molecule has 1 aliphatic carbocycles. The summed E-state index contributed by atoms with van der Waals surface area (Å²) < 4.78 is 0. The van der Waals surface area contributed by atoms with Crippen LogP contribution in [0, 0.1) is 5.92 Å². The molecule has 0 aliphatic heterocycles. The predicted molar refractivity (Wildman–Crippen MR) is 79.8 cm³/mol. The van der Waals surface area contributed by atoms with Crippen LogP contribution in [0.5, 0.6) is 0 Å². The molecule has 1 rings (SSSR count). The standard InChI is InChI=1S/C15H29N3O/c1-4-10-17-15(19)12(3)18(5-2)14-9-7-6-8-13(14)11-16/h4,12-14H,1,5-11,16H2,2-3H3,(H,17,19). The molecule has 3 N–H and O–H groups in total. The van der Waals surface area contributed by atoms with Gasteiger partial charge in [0.2, 0.25) is 5.91 Å². The van der Waals surface area contributed by atoms with E-state index in [4.69, 9.17) is 5.73 Å². The zero-order valence-corrected chi connectivity index (χ0v) is 12.4. The van der Waals surface area contributed by atoms with Crippen LogP contribution in [0.15, 0.2) is 12.7 Å². The molecule has 0 aromatic heterocycles. The summed E-state index contributed by atoms with van der Waals surface area (Å²) in [5, 5.41) is 2.89. The maximum Gasteiger partial charge on any atom is 0.237 e. The van der Waals surface area contributed by atoms with Crippen LogP contribution in [0.1, 0.15) is 39.5 Å². The summed E-state index contributed by atoms with van der Waals surface area (Å²) in [6, 6.07) is 0.357. The van der Waals surface area contributed by atoms with E-state index in [1.54, 1.807) is 6.08 Å². The lowest BCUT2D eigenvalue weighted by Gasteiger charge is -2.41. The number of rotatable bonds is 7. The average Bonchev–Trinajstić information content (AvgIpc) is 2.45. The Bertz CT molecular complexity index is 293. The first-order valence-corrected chi connectivity index (χ1v) is 7.50. The van der Waals surface area contributed by atoms with Crippen molar-refractivity contribution in [2.75, 3.05) is 19.6 Å². The summed E-state index contributed by atoms with van der Waals surface area (Å²) in [4.78, 5) is 14.4. The number of likely N-dealkylation sites (N-methyl/N-ethyl adjacent to an activating group) is 1. The molecule has 1 saturated carbocycles. The van der Waals surface area contributed by atoms with Crippen LogP contribution in [0.4, 0.5) is 0 Å². The largest absolute Gasteiger partial charge is 0.351 e. The molecule has 1 amide bonds. The third kappa shape index (κ3) is 4.32. The fraction of sp³-hybridized carbons (Fsp3) is 0.800. The Morgan fingerprint density at radius 3 is 2.79 bits per heavy atom. The number of hydrogen-bond donors (Lipinski definition) is 2. The van der Waals surface area contributed by atoms with E-state index in [-0.39, 0.29) is 11.9 Å². The Morgan fingerprint density at radius 2 is 2.21 bits per heavy atom. The monoisotopic (exact) mass is 267 g/mol. The van der Waals surface area contributed by atoms with Crippen LogP contribution >= 0.6 is 0 Å². The van der Waals surface area contributed by atoms with Gasteiger partial charge >= 0.3 is 0 Å². The maximum absolute atomic E-state index is 12.1. The minimum absolute atomic E-state index is 0.0862. The molecule has 19 heavy (non-hydrogen) atoms. The minimum atomic E-state index is -0.0953. The highest BCUT2D eigenvalue weighted by atomic mass is 16.2. The Labute approximate surface area is 117 Å². The van der Waals surface area contributed by atoms with Gasteiger partial charge in [-0.15, -0.1) is 6.58 Å². The quantitative estimate of drug-likeness (QED) is 0.688. The van der Waals surface area contributed by atoms with Gasteiger partial charge in [-0.1, -0.05) is 25.8 Å². The van der Waals surface area contributed by atoms with Gasteiger partial charge in [0, 0.05) is 12.6 Å². The molecule has 4 heteroatoms. The van der Waals surface area contributed by atoms with Gasteiger partial charge in [-0.05, 0) is 38.8 Å². The first-order valence-electron chi connectivity index (χ1n) is 7.50. The lowest BCUT2D eigenvalue weighted by atomic mass is 9.83. The maximum atomic E-state index is 12.1. The van der Waals surface area contributed by atoms with Crippen molar-refractivity contribution in [2.24, 2.45) is 11.7 Å².